The fourth-order valence-corrected chi connectivity index (χ4v) is 2.55. The van der Waals surface area contributed by atoms with Crippen LogP contribution >= 0.6 is 23.2 Å². The summed E-state index contributed by atoms with van der Waals surface area (Å²) in [4.78, 5) is 0. The van der Waals surface area contributed by atoms with Gasteiger partial charge in [-0.1, -0.05) is 42.5 Å². The molecule has 2 atom stereocenters. The van der Waals surface area contributed by atoms with Gasteiger partial charge in [0.1, 0.15) is 0 Å². The van der Waals surface area contributed by atoms with E-state index in [1.165, 1.54) is 6.42 Å². The van der Waals surface area contributed by atoms with Crippen LogP contribution in [0.2, 0.25) is 10.0 Å². The summed E-state index contributed by atoms with van der Waals surface area (Å²) in [7, 11) is 0. The van der Waals surface area contributed by atoms with Crippen LogP contribution in [0.15, 0.2) is 18.2 Å². The number of benzene rings is 1. The topological polar surface area (TPSA) is 32.3 Å². The number of halogens is 2. The highest BCUT2D eigenvalue weighted by molar-refractivity contribution is 6.42. The molecule has 4 heteroatoms. The zero-order chi connectivity index (χ0) is 12.3. The lowest BCUT2D eigenvalue weighted by Gasteiger charge is -2.23. The molecule has 0 saturated heterocycles. The molecule has 17 heavy (non-hydrogen) atoms. The Hall–Kier alpha value is -0.440. The number of hydrogen-bond donors (Lipinski definition) is 2. The molecule has 1 fully saturated rings. The lowest BCUT2D eigenvalue weighted by molar-refractivity contribution is 0.144. The van der Waals surface area contributed by atoms with Crippen molar-refractivity contribution in [2.45, 2.75) is 44.2 Å². The van der Waals surface area contributed by atoms with Crippen molar-refractivity contribution >= 4 is 28.9 Å². The first-order valence-electron chi connectivity index (χ1n) is 6.06. The predicted molar refractivity (Wildman–Crippen MR) is 73.0 cm³/mol. The Morgan fingerprint density at radius 2 is 1.82 bits per heavy atom. The van der Waals surface area contributed by atoms with Crippen LogP contribution in [-0.4, -0.2) is 17.3 Å². The van der Waals surface area contributed by atoms with Gasteiger partial charge in [0.15, 0.2) is 0 Å². The monoisotopic (exact) mass is 273 g/mol. The SMILES string of the molecule is OC1CCCCCC1Nc1ccc(Cl)c(Cl)c1. The van der Waals surface area contributed by atoms with E-state index in [2.05, 4.69) is 5.32 Å². The number of hydrogen-bond acceptors (Lipinski definition) is 2. The van der Waals surface area contributed by atoms with Gasteiger partial charge in [0, 0.05) is 5.69 Å². The van der Waals surface area contributed by atoms with Gasteiger partial charge in [-0.05, 0) is 31.0 Å². The fraction of sp³-hybridized carbons (Fsp3) is 0.538. The van der Waals surface area contributed by atoms with E-state index in [1.54, 1.807) is 6.07 Å². The summed E-state index contributed by atoms with van der Waals surface area (Å²) in [6.45, 7) is 0. The molecule has 0 spiro atoms. The van der Waals surface area contributed by atoms with Crippen LogP contribution in [0, 0.1) is 0 Å². The lowest BCUT2D eigenvalue weighted by Crippen LogP contribution is -2.32. The first-order valence-corrected chi connectivity index (χ1v) is 6.82. The predicted octanol–water partition coefficient (Wildman–Crippen LogP) is 4.10. The zero-order valence-corrected chi connectivity index (χ0v) is 11.1. The molecule has 1 aliphatic carbocycles. The molecule has 94 valence electrons. The summed E-state index contributed by atoms with van der Waals surface area (Å²) < 4.78 is 0. The zero-order valence-electron chi connectivity index (χ0n) is 9.63. The van der Waals surface area contributed by atoms with E-state index in [1.807, 2.05) is 12.1 Å². The van der Waals surface area contributed by atoms with Gasteiger partial charge in [0.05, 0.1) is 22.2 Å². The Morgan fingerprint density at radius 3 is 2.59 bits per heavy atom. The maximum atomic E-state index is 10.0. The molecule has 0 aliphatic heterocycles. The second-order valence-corrected chi connectivity index (χ2v) is 5.40. The van der Waals surface area contributed by atoms with Crippen molar-refractivity contribution in [1.82, 2.24) is 0 Å². The van der Waals surface area contributed by atoms with Gasteiger partial charge in [-0.3, -0.25) is 0 Å². The minimum atomic E-state index is -0.271. The Bertz CT molecular complexity index is 384. The number of anilines is 1. The minimum Gasteiger partial charge on any atom is -0.391 e. The molecule has 0 bridgehead atoms. The van der Waals surface area contributed by atoms with Crippen LogP contribution in [0.5, 0.6) is 0 Å². The number of aliphatic hydroxyl groups excluding tert-OH is 1. The van der Waals surface area contributed by atoms with Crippen molar-refractivity contribution in [3.8, 4) is 0 Å². The number of nitrogens with one attached hydrogen (secondary N) is 1. The Morgan fingerprint density at radius 1 is 1.06 bits per heavy atom. The smallest absolute Gasteiger partial charge is 0.0741 e. The molecule has 0 heterocycles. The largest absolute Gasteiger partial charge is 0.391 e. The van der Waals surface area contributed by atoms with E-state index in [0.29, 0.717) is 10.0 Å². The van der Waals surface area contributed by atoms with Gasteiger partial charge in [-0.15, -0.1) is 0 Å². The highest BCUT2D eigenvalue weighted by Gasteiger charge is 2.21. The van der Waals surface area contributed by atoms with Gasteiger partial charge in [0.2, 0.25) is 0 Å². The van der Waals surface area contributed by atoms with Crippen molar-refractivity contribution in [3.63, 3.8) is 0 Å². The molecule has 1 aliphatic rings. The molecular weight excluding hydrogens is 257 g/mol. The first kappa shape index (κ1) is 13.0. The second-order valence-electron chi connectivity index (χ2n) is 4.59. The van der Waals surface area contributed by atoms with E-state index in [-0.39, 0.29) is 12.1 Å². The Balaban J connectivity index is 2.05. The molecule has 2 nitrogen and oxygen atoms in total. The third kappa shape index (κ3) is 3.51. The molecule has 2 N–H and O–H groups in total. The summed E-state index contributed by atoms with van der Waals surface area (Å²) in [6, 6.07) is 5.59. The van der Waals surface area contributed by atoms with E-state index >= 15 is 0 Å². The van der Waals surface area contributed by atoms with E-state index < -0.39 is 0 Å². The van der Waals surface area contributed by atoms with Gasteiger partial charge in [0.25, 0.3) is 0 Å². The molecule has 1 aromatic rings. The molecule has 2 rings (SSSR count). The molecule has 0 amide bonds. The highest BCUT2D eigenvalue weighted by Crippen LogP contribution is 2.27. The standard InChI is InChI=1S/C13H17Cl2NO/c14-10-7-6-9(8-11(10)15)16-12-4-2-1-3-5-13(12)17/h6-8,12-13,16-17H,1-5H2. The summed E-state index contributed by atoms with van der Waals surface area (Å²) in [5, 5.41) is 14.5. The van der Waals surface area contributed by atoms with Crippen LogP contribution in [0.4, 0.5) is 5.69 Å². The summed E-state index contributed by atoms with van der Waals surface area (Å²) in [6.07, 6.45) is 5.08. The maximum absolute atomic E-state index is 10.0. The number of rotatable bonds is 2. The van der Waals surface area contributed by atoms with Crippen molar-refractivity contribution in [2.24, 2.45) is 0 Å². The quantitative estimate of drug-likeness (QED) is 0.796. The number of aliphatic hydroxyl groups is 1. The van der Waals surface area contributed by atoms with Crippen LogP contribution in [-0.2, 0) is 0 Å². The maximum Gasteiger partial charge on any atom is 0.0741 e. The molecule has 1 saturated carbocycles. The second kappa shape index (κ2) is 5.94. The van der Waals surface area contributed by atoms with Crippen LogP contribution in [0.25, 0.3) is 0 Å². The minimum absolute atomic E-state index is 0.120. The summed E-state index contributed by atoms with van der Waals surface area (Å²) >= 11 is 11.8. The van der Waals surface area contributed by atoms with Crippen molar-refractivity contribution in [1.29, 1.82) is 0 Å². The summed E-state index contributed by atoms with van der Waals surface area (Å²) in [5.74, 6) is 0. The van der Waals surface area contributed by atoms with Crippen LogP contribution in [0.3, 0.4) is 0 Å². The van der Waals surface area contributed by atoms with E-state index in [4.69, 9.17) is 23.2 Å². The molecular formula is C13H17Cl2NO. The molecule has 1 aromatic carbocycles. The fourth-order valence-electron chi connectivity index (χ4n) is 2.26. The highest BCUT2D eigenvalue weighted by atomic mass is 35.5. The average molecular weight is 274 g/mol. The molecule has 2 unspecified atom stereocenters. The molecule has 0 radical (unpaired) electrons. The van der Waals surface area contributed by atoms with Gasteiger partial charge in [-0.25, -0.2) is 0 Å². The normalized spacial score (nSPS) is 25.4. The van der Waals surface area contributed by atoms with Crippen molar-refractivity contribution in [3.05, 3.63) is 28.2 Å². The van der Waals surface area contributed by atoms with E-state index in [9.17, 15) is 5.11 Å². The summed E-state index contributed by atoms with van der Waals surface area (Å²) in [5.41, 5.74) is 0.922. The lowest BCUT2D eigenvalue weighted by atomic mass is 10.1. The Labute approximate surface area is 112 Å². The van der Waals surface area contributed by atoms with Gasteiger partial charge >= 0.3 is 0 Å². The van der Waals surface area contributed by atoms with Crippen LogP contribution in [0.1, 0.15) is 32.1 Å². The third-order valence-electron chi connectivity index (χ3n) is 3.25. The average Bonchev–Trinajstić information content (AvgIpc) is 2.50. The third-order valence-corrected chi connectivity index (χ3v) is 3.99. The van der Waals surface area contributed by atoms with E-state index in [0.717, 1.165) is 31.4 Å². The van der Waals surface area contributed by atoms with Crippen molar-refractivity contribution in [2.75, 3.05) is 5.32 Å². The van der Waals surface area contributed by atoms with Gasteiger partial charge in [-0.2, -0.15) is 0 Å². The van der Waals surface area contributed by atoms with Crippen LogP contribution < -0.4 is 5.32 Å². The Kier molecular flexibility index (Phi) is 4.55. The first-order chi connectivity index (χ1) is 8.16. The van der Waals surface area contributed by atoms with Gasteiger partial charge < -0.3 is 10.4 Å². The van der Waals surface area contributed by atoms with Crippen molar-refractivity contribution < 1.29 is 5.11 Å². The molecule has 0 aromatic heterocycles.